The molecule has 2 nitrogen and oxygen atoms in total. The topological polar surface area (TPSA) is 20.3 Å². The van der Waals surface area contributed by atoms with Crippen molar-refractivity contribution in [3.8, 4) is 0 Å². The van der Waals surface area contributed by atoms with Gasteiger partial charge in [-0.15, -0.1) is 12.4 Å². The number of benzene rings is 1. The molecule has 1 unspecified atom stereocenters. The van der Waals surface area contributed by atoms with Gasteiger partial charge in [-0.05, 0) is 38.1 Å². The van der Waals surface area contributed by atoms with E-state index in [0.717, 1.165) is 18.5 Å². The lowest BCUT2D eigenvalue weighted by atomic mass is 9.92. The van der Waals surface area contributed by atoms with Gasteiger partial charge in [-0.25, -0.2) is 0 Å². The van der Waals surface area contributed by atoms with E-state index in [1.54, 1.807) is 6.08 Å². The summed E-state index contributed by atoms with van der Waals surface area (Å²) in [5.74, 6) is 0.861. The van der Waals surface area contributed by atoms with Gasteiger partial charge in [0.2, 0.25) is 0 Å². The molecular weight excluding hydrogens is 270 g/mol. The molecule has 0 aliphatic rings. The molecule has 0 heterocycles. The molecule has 1 rings (SSSR count). The molecule has 0 saturated heterocycles. The predicted molar refractivity (Wildman–Crippen MR) is 89.2 cm³/mol. The second kappa shape index (κ2) is 9.73. The van der Waals surface area contributed by atoms with Gasteiger partial charge in [-0.3, -0.25) is 4.79 Å². The molecule has 0 saturated carbocycles. The largest absolute Gasteiger partial charge is 0.309 e. The number of carbonyl (C=O) groups excluding carboxylic acids is 1. The molecule has 0 fully saturated rings. The van der Waals surface area contributed by atoms with Crippen molar-refractivity contribution in [1.29, 1.82) is 0 Å². The van der Waals surface area contributed by atoms with Gasteiger partial charge in [0.15, 0.2) is 5.78 Å². The predicted octanol–water partition coefficient (Wildman–Crippen LogP) is 3.91. The summed E-state index contributed by atoms with van der Waals surface area (Å²) in [4.78, 5) is 14.4. The Morgan fingerprint density at radius 1 is 1.20 bits per heavy atom. The van der Waals surface area contributed by atoms with E-state index in [-0.39, 0.29) is 24.1 Å². The van der Waals surface area contributed by atoms with Gasteiger partial charge >= 0.3 is 0 Å². The molecular formula is C17H26ClNO. The fourth-order valence-corrected chi connectivity index (χ4v) is 2.17. The number of halogens is 1. The standard InChI is InChI=1S/C17H25NO.ClH/c1-14(2)12-16(13-18(3)4)17(19)11-10-15-8-6-5-7-9-15;/h5-11,14,16H,12-13H2,1-4H3;1H. The molecule has 0 bridgehead atoms. The van der Waals surface area contributed by atoms with Crippen molar-refractivity contribution in [3.63, 3.8) is 0 Å². The zero-order valence-corrected chi connectivity index (χ0v) is 13.7. The van der Waals surface area contributed by atoms with Gasteiger partial charge in [-0.1, -0.05) is 50.3 Å². The number of hydrogen-bond acceptors (Lipinski definition) is 2. The van der Waals surface area contributed by atoms with Crippen molar-refractivity contribution in [1.82, 2.24) is 4.90 Å². The van der Waals surface area contributed by atoms with Crippen LogP contribution in [0.5, 0.6) is 0 Å². The minimum absolute atomic E-state index is 0. The van der Waals surface area contributed by atoms with E-state index in [4.69, 9.17) is 0 Å². The minimum atomic E-state index is 0. The fourth-order valence-electron chi connectivity index (χ4n) is 2.17. The van der Waals surface area contributed by atoms with Crippen molar-refractivity contribution >= 4 is 24.3 Å². The first-order chi connectivity index (χ1) is 8.99. The highest BCUT2D eigenvalue weighted by Gasteiger charge is 2.18. The summed E-state index contributed by atoms with van der Waals surface area (Å²) < 4.78 is 0. The first-order valence-corrected chi connectivity index (χ1v) is 6.90. The molecule has 0 aliphatic heterocycles. The maximum atomic E-state index is 12.3. The summed E-state index contributed by atoms with van der Waals surface area (Å²) in [5, 5.41) is 0. The van der Waals surface area contributed by atoms with Gasteiger partial charge in [-0.2, -0.15) is 0 Å². The van der Waals surface area contributed by atoms with Crippen LogP contribution in [0.4, 0.5) is 0 Å². The van der Waals surface area contributed by atoms with E-state index in [2.05, 4.69) is 18.7 Å². The van der Waals surface area contributed by atoms with Crippen molar-refractivity contribution in [3.05, 3.63) is 42.0 Å². The van der Waals surface area contributed by atoms with Crippen LogP contribution in [0.1, 0.15) is 25.8 Å². The van der Waals surface area contributed by atoms with Gasteiger partial charge < -0.3 is 4.90 Å². The average molecular weight is 296 g/mol. The van der Waals surface area contributed by atoms with Gasteiger partial charge in [0.05, 0.1) is 0 Å². The Kier molecular flexibility index (Phi) is 9.19. The van der Waals surface area contributed by atoms with Crippen molar-refractivity contribution in [2.45, 2.75) is 20.3 Å². The number of allylic oxidation sites excluding steroid dienone is 1. The Labute approximate surface area is 129 Å². The normalized spacial score (nSPS) is 12.7. The van der Waals surface area contributed by atoms with E-state index < -0.39 is 0 Å². The number of hydrogen-bond donors (Lipinski definition) is 0. The van der Waals surface area contributed by atoms with Crippen LogP contribution in [-0.4, -0.2) is 31.3 Å². The molecule has 1 aromatic carbocycles. The van der Waals surface area contributed by atoms with E-state index in [1.165, 1.54) is 0 Å². The SMILES string of the molecule is CC(C)CC(CN(C)C)C(=O)C=Cc1ccccc1.Cl. The Balaban J connectivity index is 0.00000361. The summed E-state index contributed by atoms with van der Waals surface area (Å²) >= 11 is 0. The van der Waals surface area contributed by atoms with Gasteiger partial charge in [0.25, 0.3) is 0 Å². The van der Waals surface area contributed by atoms with Crippen LogP contribution in [-0.2, 0) is 4.79 Å². The summed E-state index contributed by atoms with van der Waals surface area (Å²) in [6.07, 6.45) is 4.58. The van der Waals surface area contributed by atoms with Crippen LogP contribution < -0.4 is 0 Å². The van der Waals surface area contributed by atoms with Crippen LogP contribution in [0.15, 0.2) is 36.4 Å². The maximum absolute atomic E-state index is 12.3. The molecule has 0 aromatic heterocycles. The summed E-state index contributed by atoms with van der Waals surface area (Å²) in [6, 6.07) is 9.96. The molecule has 0 spiro atoms. The van der Waals surface area contributed by atoms with Crippen LogP contribution in [0.3, 0.4) is 0 Å². The Bertz CT molecular complexity index is 402. The zero-order valence-electron chi connectivity index (χ0n) is 12.9. The number of ketones is 1. The fraction of sp³-hybridized carbons (Fsp3) is 0.471. The molecule has 0 N–H and O–H groups in total. The van der Waals surface area contributed by atoms with Crippen LogP contribution in [0.2, 0.25) is 0 Å². The third-order valence-electron chi connectivity index (χ3n) is 2.98. The minimum Gasteiger partial charge on any atom is -0.309 e. The highest BCUT2D eigenvalue weighted by molar-refractivity contribution is 5.95. The summed E-state index contributed by atoms with van der Waals surface area (Å²) in [7, 11) is 4.03. The molecule has 0 aliphatic carbocycles. The second-order valence-electron chi connectivity index (χ2n) is 5.74. The van der Waals surface area contributed by atoms with Crippen LogP contribution in [0, 0.1) is 11.8 Å². The Morgan fingerprint density at radius 2 is 1.80 bits per heavy atom. The van der Waals surface area contributed by atoms with Crippen LogP contribution >= 0.6 is 12.4 Å². The first kappa shape index (κ1) is 18.9. The number of rotatable bonds is 7. The third kappa shape index (κ3) is 7.46. The first-order valence-electron chi connectivity index (χ1n) is 6.90. The van der Waals surface area contributed by atoms with E-state index in [1.807, 2.05) is 50.5 Å². The maximum Gasteiger partial charge on any atom is 0.160 e. The van der Waals surface area contributed by atoms with E-state index >= 15 is 0 Å². The average Bonchev–Trinajstić information content (AvgIpc) is 2.35. The van der Waals surface area contributed by atoms with Crippen molar-refractivity contribution < 1.29 is 4.79 Å². The summed E-state index contributed by atoms with van der Waals surface area (Å²) in [5.41, 5.74) is 1.07. The molecule has 3 heteroatoms. The highest BCUT2D eigenvalue weighted by atomic mass is 35.5. The second-order valence-corrected chi connectivity index (χ2v) is 5.74. The molecule has 0 radical (unpaired) electrons. The lowest BCUT2D eigenvalue weighted by molar-refractivity contribution is -0.119. The van der Waals surface area contributed by atoms with Gasteiger partial charge in [0, 0.05) is 12.5 Å². The number of nitrogens with zero attached hydrogens (tertiary/aromatic N) is 1. The zero-order chi connectivity index (χ0) is 14.3. The third-order valence-corrected chi connectivity index (χ3v) is 2.98. The smallest absolute Gasteiger partial charge is 0.160 e. The van der Waals surface area contributed by atoms with Crippen molar-refractivity contribution in [2.24, 2.45) is 11.8 Å². The monoisotopic (exact) mass is 295 g/mol. The van der Waals surface area contributed by atoms with Crippen molar-refractivity contribution in [2.75, 3.05) is 20.6 Å². The van der Waals surface area contributed by atoms with Gasteiger partial charge in [0.1, 0.15) is 0 Å². The molecule has 112 valence electrons. The van der Waals surface area contributed by atoms with E-state index in [0.29, 0.717) is 5.92 Å². The summed E-state index contributed by atoms with van der Waals surface area (Å²) in [6.45, 7) is 5.14. The molecule has 1 aromatic rings. The molecule has 1 atom stereocenters. The molecule has 20 heavy (non-hydrogen) atoms. The quantitative estimate of drug-likeness (QED) is 0.711. The lowest BCUT2D eigenvalue weighted by Crippen LogP contribution is -2.28. The Morgan fingerprint density at radius 3 is 2.30 bits per heavy atom. The lowest BCUT2D eigenvalue weighted by Gasteiger charge is -2.20. The molecule has 0 amide bonds. The number of carbonyl (C=O) groups is 1. The van der Waals surface area contributed by atoms with Crippen LogP contribution in [0.25, 0.3) is 6.08 Å². The Hall–Kier alpha value is -1.12. The van der Waals surface area contributed by atoms with E-state index in [9.17, 15) is 4.79 Å². The highest BCUT2D eigenvalue weighted by Crippen LogP contribution is 2.15.